The second kappa shape index (κ2) is 9.02. The van der Waals surface area contributed by atoms with Crippen LogP contribution in [0.2, 0.25) is 0 Å². The topological polar surface area (TPSA) is 128 Å². The van der Waals surface area contributed by atoms with Crippen LogP contribution in [0.4, 0.5) is 0 Å². The first-order valence-electron chi connectivity index (χ1n) is 11.1. The Morgan fingerprint density at radius 2 is 2.09 bits per heavy atom. The molecule has 0 radical (unpaired) electrons. The summed E-state index contributed by atoms with van der Waals surface area (Å²) in [5, 5.41) is 12.6. The molecule has 1 saturated heterocycles. The average molecular weight is 528 g/mol. The highest BCUT2D eigenvalue weighted by molar-refractivity contribution is 9.10. The largest absolute Gasteiger partial charge is 0.379 e. The third-order valence-electron chi connectivity index (χ3n) is 5.97. The van der Waals surface area contributed by atoms with Crippen LogP contribution in [-0.2, 0) is 22.1 Å². The molecule has 1 fully saturated rings. The quantitative estimate of drug-likeness (QED) is 0.380. The number of hydrogen-bond acceptors (Lipinski definition) is 8. The third-order valence-corrected chi connectivity index (χ3v) is 6.61. The highest BCUT2D eigenvalue weighted by Crippen LogP contribution is 2.29. The zero-order chi connectivity index (χ0) is 23.9. The Labute approximate surface area is 204 Å². The average Bonchev–Trinajstić information content (AvgIpc) is 3.46. The van der Waals surface area contributed by atoms with Gasteiger partial charge in [-0.25, -0.2) is 9.97 Å². The van der Waals surface area contributed by atoms with E-state index in [0.717, 1.165) is 35.1 Å². The van der Waals surface area contributed by atoms with Crippen LogP contribution in [0.25, 0.3) is 27.9 Å². The maximum absolute atomic E-state index is 13.2. The summed E-state index contributed by atoms with van der Waals surface area (Å²) in [6.45, 7) is 5.98. The van der Waals surface area contributed by atoms with Crippen molar-refractivity contribution in [1.82, 2.24) is 39.6 Å². The number of rotatable bonds is 6. The number of nitrogens with zero attached hydrogens (tertiary/aromatic N) is 7. The molecule has 3 aromatic heterocycles. The van der Waals surface area contributed by atoms with E-state index in [2.05, 4.69) is 36.3 Å². The van der Waals surface area contributed by atoms with E-state index in [1.165, 1.54) is 0 Å². The maximum Gasteiger partial charge on any atom is 0.247 e. The van der Waals surface area contributed by atoms with Gasteiger partial charge in [-0.05, 0) is 35.0 Å². The molecule has 0 bridgehead atoms. The van der Waals surface area contributed by atoms with E-state index in [1.807, 2.05) is 31.4 Å². The fourth-order valence-corrected chi connectivity index (χ4v) is 4.48. The van der Waals surface area contributed by atoms with Crippen molar-refractivity contribution in [2.75, 3.05) is 39.4 Å². The van der Waals surface area contributed by atoms with Crippen LogP contribution < -0.4 is 11.1 Å². The Kier molecular flexibility index (Phi) is 6.06. The highest BCUT2D eigenvalue weighted by Gasteiger charge is 2.36. The van der Waals surface area contributed by atoms with Crippen LogP contribution in [0.5, 0.6) is 0 Å². The SMILES string of the molecule is Cn1cc(-c2nc3c4cccc(Br)c4nc([C@](C)(N)C(=O)NCCN4CCOCC4)n3n2)cn1. The second-order valence-electron chi connectivity index (χ2n) is 8.56. The van der Waals surface area contributed by atoms with Crippen molar-refractivity contribution in [3.05, 3.63) is 40.9 Å². The number of aromatic nitrogens is 6. The summed E-state index contributed by atoms with van der Waals surface area (Å²) in [6, 6.07) is 5.72. The zero-order valence-corrected chi connectivity index (χ0v) is 20.6. The number of fused-ring (bicyclic) bond motifs is 3. The molecule has 0 aliphatic carbocycles. The monoisotopic (exact) mass is 527 g/mol. The third kappa shape index (κ3) is 4.17. The van der Waals surface area contributed by atoms with Crippen molar-refractivity contribution in [1.29, 1.82) is 0 Å². The number of halogens is 1. The Morgan fingerprint density at radius 1 is 1.29 bits per heavy atom. The zero-order valence-electron chi connectivity index (χ0n) is 19.0. The fraction of sp³-hybridized carbons (Fsp3) is 0.409. The van der Waals surface area contributed by atoms with Crippen LogP contribution in [-0.4, -0.2) is 79.6 Å². The predicted molar refractivity (Wildman–Crippen MR) is 130 cm³/mol. The van der Waals surface area contributed by atoms with Crippen molar-refractivity contribution in [2.24, 2.45) is 12.8 Å². The predicted octanol–water partition coefficient (Wildman–Crippen LogP) is 1.06. The summed E-state index contributed by atoms with van der Waals surface area (Å²) in [7, 11) is 1.83. The number of ether oxygens (including phenoxy) is 1. The van der Waals surface area contributed by atoms with Gasteiger partial charge in [0.05, 0.1) is 30.5 Å². The van der Waals surface area contributed by atoms with Crippen LogP contribution in [0.1, 0.15) is 12.7 Å². The smallest absolute Gasteiger partial charge is 0.247 e. The summed E-state index contributed by atoms with van der Waals surface area (Å²) >= 11 is 3.57. The van der Waals surface area contributed by atoms with Crippen molar-refractivity contribution in [3.63, 3.8) is 0 Å². The molecular weight excluding hydrogens is 502 g/mol. The number of carbonyl (C=O) groups is 1. The number of benzene rings is 1. The first-order valence-corrected chi connectivity index (χ1v) is 11.9. The number of amides is 1. The van der Waals surface area contributed by atoms with Gasteiger partial charge in [0.15, 0.2) is 22.8 Å². The van der Waals surface area contributed by atoms with Crippen LogP contribution >= 0.6 is 15.9 Å². The van der Waals surface area contributed by atoms with Gasteiger partial charge in [-0.3, -0.25) is 14.4 Å². The van der Waals surface area contributed by atoms with E-state index >= 15 is 0 Å². The minimum absolute atomic E-state index is 0.299. The van der Waals surface area contributed by atoms with Crippen LogP contribution in [0, 0.1) is 0 Å². The van der Waals surface area contributed by atoms with Gasteiger partial charge in [-0.2, -0.15) is 9.61 Å². The van der Waals surface area contributed by atoms with Gasteiger partial charge in [0, 0.05) is 49.3 Å². The molecule has 34 heavy (non-hydrogen) atoms. The summed E-state index contributed by atoms with van der Waals surface area (Å²) in [5.74, 6) is 0.444. The number of nitrogens with two attached hydrogens (primary N) is 1. The Bertz CT molecular complexity index is 1360. The van der Waals surface area contributed by atoms with E-state index in [1.54, 1.807) is 22.3 Å². The molecule has 12 heteroatoms. The van der Waals surface area contributed by atoms with Gasteiger partial charge in [0.25, 0.3) is 0 Å². The van der Waals surface area contributed by atoms with Crippen molar-refractivity contribution in [3.8, 4) is 11.4 Å². The lowest BCUT2D eigenvalue weighted by Gasteiger charge is -2.28. The Hall–Kier alpha value is -2.93. The molecule has 1 amide bonds. The van der Waals surface area contributed by atoms with Gasteiger partial charge >= 0.3 is 0 Å². The lowest BCUT2D eigenvalue weighted by atomic mass is 10.0. The van der Waals surface area contributed by atoms with Crippen LogP contribution in [0.15, 0.2) is 35.1 Å². The van der Waals surface area contributed by atoms with E-state index in [0.29, 0.717) is 42.6 Å². The molecule has 1 aromatic carbocycles. The van der Waals surface area contributed by atoms with Crippen LogP contribution in [0.3, 0.4) is 0 Å². The minimum Gasteiger partial charge on any atom is -0.379 e. The number of nitrogens with one attached hydrogen (secondary N) is 1. The summed E-state index contributed by atoms with van der Waals surface area (Å²) < 4.78 is 9.41. The van der Waals surface area contributed by atoms with E-state index < -0.39 is 5.54 Å². The molecule has 5 rings (SSSR count). The number of para-hydroxylation sites is 1. The molecule has 3 N–H and O–H groups in total. The Morgan fingerprint density at radius 3 is 2.82 bits per heavy atom. The van der Waals surface area contributed by atoms with Gasteiger partial charge in [-0.1, -0.05) is 6.07 Å². The van der Waals surface area contributed by atoms with Gasteiger partial charge in [-0.15, -0.1) is 5.10 Å². The van der Waals surface area contributed by atoms with E-state index in [9.17, 15) is 4.79 Å². The molecule has 0 saturated carbocycles. The molecular formula is C22H26BrN9O2. The Balaban J connectivity index is 1.53. The molecule has 1 aliphatic heterocycles. The highest BCUT2D eigenvalue weighted by atomic mass is 79.9. The van der Waals surface area contributed by atoms with Gasteiger partial charge in [0.2, 0.25) is 5.91 Å². The summed E-state index contributed by atoms with van der Waals surface area (Å²) in [5.41, 5.74) is 7.17. The number of carbonyl (C=O) groups excluding carboxylic acids is 1. The second-order valence-corrected chi connectivity index (χ2v) is 9.41. The van der Waals surface area contributed by atoms with E-state index in [-0.39, 0.29) is 5.91 Å². The molecule has 1 atom stereocenters. The molecule has 0 spiro atoms. The normalized spacial score (nSPS) is 16.7. The molecule has 0 unspecified atom stereocenters. The van der Waals surface area contributed by atoms with Crippen molar-refractivity contribution >= 4 is 38.4 Å². The first kappa shape index (κ1) is 22.8. The lowest BCUT2D eigenvalue weighted by molar-refractivity contribution is -0.126. The standard InChI is InChI=1S/C22H26BrN9O2/c1-22(24,21(33)25-6-7-31-8-10-34-11-9-31)20-27-17-15(4-3-5-16(17)23)19-28-18(29-32(19)20)14-12-26-30(2)13-14/h3-5,12-13H,6-11,24H2,1-2H3,(H,25,33)/t22-/m0/s1. The number of morpholine rings is 1. The van der Waals surface area contributed by atoms with E-state index in [4.69, 9.17) is 20.4 Å². The van der Waals surface area contributed by atoms with Crippen molar-refractivity contribution < 1.29 is 9.53 Å². The van der Waals surface area contributed by atoms with Gasteiger partial charge in [0.1, 0.15) is 0 Å². The molecule has 1 aliphatic rings. The van der Waals surface area contributed by atoms with Gasteiger partial charge < -0.3 is 15.8 Å². The molecule has 4 heterocycles. The fourth-order valence-electron chi connectivity index (χ4n) is 4.03. The van der Waals surface area contributed by atoms with Crippen molar-refractivity contribution in [2.45, 2.75) is 12.5 Å². The lowest BCUT2D eigenvalue weighted by Crippen LogP contribution is -2.52. The summed E-state index contributed by atoms with van der Waals surface area (Å²) in [4.78, 5) is 25.0. The summed E-state index contributed by atoms with van der Waals surface area (Å²) in [6.07, 6.45) is 3.53. The molecule has 11 nitrogen and oxygen atoms in total. The minimum atomic E-state index is -1.45. The molecule has 4 aromatic rings. The molecule has 178 valence electrons. The first-order chi connectivity index (χ1) is 16.3. The maximum atomic E-state index is 13.2. The number of hydrogen-bond donors (Lipinski definition) is 2. The number of aryl methyl sites for hydroxylation is 1.